The van der Waals surface area contributed by atoms with Gasteiger partial charge in [0.05, 0.1) is 12.1 Å². The minimum absolute atomic E-state index is 0.135. The van der Waals surface area contributed by atoms with E-state index in [9.17, 15) is 0 Å². The highest BCUT2D eigenvalue weighted by Gasteiger charge is 2.27. The van der Waals surface area contributed by atoms with Gasteiger partial charge in [-0.1, -0.05) is 34.1 Å². The number of rotatable bonds is 6. The van der Waals surface area contributed by atoms with E-state index >= 15 is 0 Å². The summed E-state index contributed by atoms with van der Waals surface area (Å²) in [6.07, 6.45) is 0. The van der Waals surface area contributed by atoms with Gasteiger partial charge in [-0.15, -0.1) is 0 Å². The molecule has 1 aromatic rings. The summed E-state index contributed by atoms with van der Waals surface area (Å²) in [5.74, 6) is 0. The number of ether oxygens (including phenoxy) is 1. The highest BCUT2D eigenvalue weighted by atomic mass is 79.9. The molecule has 0 heterocycles. The Morgan fingerprint density at radius 2 is 2.06 bits per heavy atom. The molecule has 0 saturated heterocycles. The van der Waals surface area contributed by atoms with Crippen LogP contribution in [0.5, 0.6) is 0 Å². The van der Waals surface area contributed by atoms with Crippen LogP contribution in [-0.2, 0) is 11.3 Å². The van der Waals surface area contributed by atoms with Crippen molar-refractivity contribution in [3.05, 3.63) is 34.3 Å². The Bertz CT molecular complexity index is 359. The molecule has 0 aromatic heterocycles. The van der Waals surface area contributed by atoms with E-state index in [-0.39, 0.29) is 5.54 Å². The summed E-state index contributed by atoms with van der Waals surface area (Å²) in [4.78, 5) is 2.23. The first-order valence-electron chi connectivity index (χ1n) is 5.67. The largest absolute Gasteiger partial charge is 0.383 e. The molecule has 96 valence electrons. The van der Waals surface area contributed by atoms with Crippen LogP contribution >= 0.6 is 15.9 Å². The number of methoxy groups -OCH3 is 1. The molecule has 1 atom stereocenters. The molecule has 0 amide bonds. The zero-order chi connectivity index (χ0) is 12.9. The second kappa shape index (κ2) is 6.50. The lowest BCUT2D eigenvalue weighted by Crippen LogP contribution is -2.52. The standard InChI is InChI=1S/C13H21BrN2O/c1-13(9-15,10-17-3)16(2)8-11-6-4-5-7-12(11)14/h4-7H,8-10,15H2,1-3H3. The Morgan fingerprint density at radius 3 is 2.59 bits per heavy atom. The quantitative estimate of drug-likeness (QED) is 0.876. The number of likely N-dealkylation sites (N-methyl/N-ethyl adjacent to an activating group) is 1. The Morgan fingerprint density at radius 1 is 1.41 bits per heavy atom. The summed E-state index contributed by atoms with van der Waals surface area (Å²) in [7, 11) is 3.78. The average molecular weight is 301 g/mol. The van der Waals surface area contributed by atoms with E-state index in [1.54, 1.807) is 7.11 Å². The van der Waals surface area contributed by atoms with Crippen LogP contribution in [0.4, 0.5) is 0 Å². The van der Waals surface area contributed by atoms with E-state index in [1.165, 1.54) is 5.56 Å². The maximum atomic E-state index is 5.85. The fourth-order valence-electron chi connectivity index (χ4n) is 1.71. The molecule has 3 nitrogen and oxygen atoms in total. The van der Waals surface area contributed by atoms with Crippen LogP contribution in [0, 0.1) is 0 Å². The smallest absolute Gasteiger partial charge is 0.0656 e. The SMILES string of the molecule is COCC(C)(CN)N(C)Cc1ccccc1Br. The van der Waals surface area contributed by atoms with Gasteiger partial charge in [0.25, 0.3) is 0 Å². The molecular formula is C13H21BrN2O. The summed E-state index contributed by atoms with van der Waals surface area (Å²) in [6.45, 7) is 4.16. The van der Waals surface area contributed by atoms with E-state index in [2.05, 4.69) is 46.9 Å². The van der Waals surface area contributed by atoms with Crippen molar-refractivity contribution in [3.8, 4) is 0 Å². The molecule has 0 fully saturated rings. The van der Waals surface area contributed by atoms with Crippen molar-refractivity contribution in [1.82, 2.24) is 4.90 Å². The predicted molar refractivity (Wildman–Crippen MR) is 74.9 cm³/mol. The van der Waals surface area contributed by atoms with Crippen LogP contribution in [0.2, 0.25) is 0 Å². The summed E-state index contributed by atoms with van der Waals surface area (Å²) in [6, 6.07) is 8.23. The van der Waals surface area contributed by atoms with Crippen LogP contribution in [0.3, 0.4) is 0 Å². The lowest BCUT2D eigenvalue weighted by atomic mass is 10.0. The van der Waals surface area contributed by atoms with Crippen molar-refractivity contribution >= 4 is 15.9 Å². The number of benzene rings is 1. The van der Waals surface area contributed by atoms with Gasteiger partial charge in [-0.05, 0) is 25.6 Å². The minimum Gasteiger partial charge on any atom is -0.383 e. The molecule has 0 bridgehead atoms. The fourth-order valence-corrected chi connectivity index (χ4v) is 2.12. The van der Waals surface area contributed by atoms with Gasteiger partial charge in [-0.25, -0.2) is 0 Å². The van der Waals surface area contributed by atoms with E-state index in [0.29, 0.717) is 13.2 Å². The molecule has 1 rings (SSSR count). The lowest BCUT2D eigenvalue weighted by Gasteiger charge is -2.37. The summed E-state index contributed by atoms with van der Waals surface area (Å²) in [5.41, 5.74) is 6.97. The monoisotopic (exact) mass is 300 g/mol. The first-order valence-corrected chi connectivity index (χ1v) is 6.46. The van der Waals surface area contributed by atoms with Crippen LogP contribution in [0.1, 0.15) is 12.5 Å². The Kier molecular flexibility index (Phi) is 5.59. The first kappa shape index (κ1) is 14.6. The molecule has 0 saturated carbocycles. The van der Waals surface area contributed by atoms with E-state index in [4.69, 9.17) is 10.5 Å². The van der Waals surface area contributed by atoms with E-state index in [0.717, 1.165) is 11.0 Å². The molecule has 17 heavy (non-hydrogen) atoms. The number of nitrogens with two attached hydrogens (primary N) is 1. The van der Waals surface area contributed by atoms with E-state index in [1.807, 2.05) is 12.1 Å². The summed E-state index contributed by atoms with van der Waals surface area (Å²) >= 11 is 3.56. The van der Waals surface area contributed by atoms with Crippen molar-refractivity contribution in [2.75, 3.05) is 27.3 Å². The Labute approximate surface area is 112 Å². The summed E-state index contributed by atoms with van der Waals surface area (Å²) < 4.78 is 6.38. The molecule has 0 spiro atoms. The molecule has 0 radical (unpaired) electrons. The van der Waals surface area contributed by atoms with Crippen LogP contribution in [0.25, 0.3) is 0 Å². The van der Waals surface area contributed by atoms with Crippen molar-refractivity contribution in [3.63, 3.8) is 0 Å². The van der Waals surface area contributed by atoms with Crippen LogP contribution < -0.4 is 5.73 Å². The third-order valence-electron chi connectivity index (χ3n) is 3.18. The van der Waals surface area contributed by atoms with Crippen molar-refractivity contribution in [1.29, 1.82) is 0 Å². The molecule has 0 aliphatic rings. The zero-order valence-electron chi connectivity index (χ0n) is 10.7. The second-order valence-electron chi connectivity index (χ2n) is 4.58. The number of hydrogen-bond acceptors (Lipinski definition) is 3. The minimum atomic E-state index is -0.135. The van der Waals surface area contributed by atoms with Crippen LogP contribution in [0.15, 0.2) is 28.7 Å². The fraction of sp³-hybridized carbons (Fsp3) is 0.538. The van der Waals surface area contributed by atoms with Gasteiger partial charge in [0.2, 0.25) is 0 Å². The molecule has 1 aromatic carbocycles. The normalized spacial score (nSPS) is 14.9. The Hall–Kier alpha value is -0.420. The van der Waals surface area contributed by atoms with E-state index < -0.39 is 0 Å². The highest BCUT2D eigenvalue weighted by Crippen LogP contribution is 2.21. The maximum absolute atomic E-state index is 5.85. The van der Waals surface area contributed by atoms with Gasteiger partial charge in [0, 0.05) is 24.7 Å². The maximum Gasteiger partial charge on any atom is 0.0656 e. The molecular weight excluding hydrogens is 280 g/mol. The first-order chi connectivity index (χ1) is 8.03. The van der Waals surface area contributed by atoms with Gasteiger partial charge in [0.15, 0.2) is 0 Å². The third kappa shape index (κ3) is 3.78. The molecule has 2 N–H and O–H groups in total. The van der Waals surface area contributed by atoms with Gasteiger partial charge in [-0.2, -0.15) is 0 Å². The highest BCUT2D eigenvalue weighted by molar-refractivity contribution is 9.10. The van der Waals surface area contributed by atoms with Crippen LogP contribution in [-0.4, -0.2) is 37.7 Å². The lowest BCUT2D eigenvalue weighted by molar-refractivity contribution is 0.0389. The van der Waals surface area contributed by atoms with Gasteiger partial charge in [-0.3, -0.25) is 4.90 Å². The number of hydrogen-bond donors (Lipinski definition) is 1. The topological polar surface area (TPSA) is 38.5 Å². The second-order valence-corrected chi connectivity index (χ2v) is 5.44. The average Bonchev–Trinajstić information content (AvgIpc) is 2.32. The number of nitrogens with zero attached hydrogens (tertiary/aromatic N) is 1. The van der Waals surface area contributed by atoms with Crippen molar-refractivity contribution in [2.24, 2.45) is 5.73 Å². The van der Waals surface area contributed by atoms with Gasteiger partial charge >= 0.3 is 0 Å². The van der Waals surface area contributed by atoms with Crippen molar-refractivity contribution < 1.29 is 4.74 Å². The predicted octanol–water partition coefficient (Wildman–Crippen LogP) is 2.24. The third-order valence-corrected chi connectivity index (χ3v) is 3.96. The molecule has 4 heteroatoms. The number of halogens is 1. The molecule has 1 unspecified atom stereocenters. The molecule has 0 aliphatic carbocycles. The van der Waals surface area contributed by atoms with Gasteiger partial charge in [0.1, 0.15) is 0 Å². The Balaban J connectivity index is 2.77. The van der Waals surface area contributed by atoms with Gasteiger partial charge < -0.3 is 10.5 Å². The zero-order valence-corrected chi connectivity index (χ0v) is 12.3. The van der Waals surface area contributed by atoms with Crippen molar-refractivity contribution in [2.45, 2.75) is 19.0 Å². The summed E-state index contributed by atoms with van der Waals surface area (Å²) in [5, 5.41) is 0. The molecule has 0 aliphatic heterocycles.